The first-order valence-corrected chi connectivity index (χ1v) is 5.68. The van der Waals surface area contributed by atoms with Gasteiger partial charge in [-0.05, 0) is 19.8 Å². The van der Waals surface area contributed by atoms with E-state index in [9.17, 15) is 0 Å². The SMILES string of the molecule is CCCC(CCC)n1ncc(C#N)c1C. The van der Waals surface area contributed by atoms with Crippen molar-refractivity contribution in [2.24, 2.45) is 0 Å². The van der Waals surface area contributed by atoms with E-state index in [0.29, 0.717) is 11.6 Å². The number of rotatable bonds is 5. The monoisotopic (exact) mass is 205 g/mol. The van der Waals surface area contributed by atoms with Crippen molar-refractivity contribution in [1.29, 1.82) is 5.26 Å². The first-order valence-electron chi connectivity index (χ1n) is 5.68. The van der Waals surface area contributed by atoms with Gasteiger partial charge in [0.05, 0.1) is 23.5 Å². The van der Waals surface area contributed by atoms with Gasteiger partial charge in [-0.15, -0.1) is 0 Å². The molecule has 3 nitrogen and oxygen atoms in total. The van der Waals surface area contributed by atoms with Crippen molar-refractivity contribution in [2.75, 3.05) is 0 Å². The quantitative estimate of drug-likeness (QED) is 0.740. The number of aromatic nitrogens is 2. The highest BCUT2D eigenvalue weighted by atomic mass is 15.3. The molecule has 0 aliphatic rings. The summed E-state index contributed by atoms with van der Waals surface area (Å²) in [6.45, 7) is 6.35. The van der Waals surface area contributed by atoms with E-state index in [2.05, 4.69) is 25.0 Å². The maximum absolute atomic E-state index is 8.87. The van der Waals surface area contributed by atoms with Gasteiger partial charge >= 0.3 is 0 Å². The van der Waals surface area contributed by atoms with Gasteiger partial charge in [0.15, 0.2) is 0 Å². The van der Waals surface area contributed by atoms with Crippen molar-refractivity contribution in [2.45, 2.75) is 52.5 Å². The molecule has 0 fully saturated rings. The lowest BCUT2D eigenvalue weighted by atomic mass is 10.1. The predicted octanol–water partition coefficient (Wildman–Crippen LogP) is 3.20. The van der Waals surface area contributed by atoms with Crippen LogP contribution >= 0.6 is 0 Å². The van der Waals surface area contributed by atoms with Gasteiger partial charge in [-0.3, -0.25) is 4.68 Å². The molecule has 3 heteroatoms. The summed E-state index contributed by atoms with van der Waals surface area (Å²) in [5.74, 6) is 0. The van der Waals surface area contributed by atoms with E-state index in [-0.39, 0.29) is 0 Å². The Morgan fingerprint density at radius 2 is 2.00 bits per heavy atom. The summed E-state index contributed by atoms with van der Waals surface area (Å²) >= 11 is 0. The Kier molecular flexibility index (Phi) is 4.36. The fourth-order valence-corrected chi connectivity index (χ4v) is 1.96. The third kappa shape index (κ3) is 2.59. The van der Waals surface area contributed by atoms with Crippen LogP contribution in [0, 0.1) is 18.3 Å². The fourth-order valence-electron chi connectivity index (χ4n) is 1.96. The molecule has 0 unspecified atom stereocenters. The topological polar surface area (TPSA) is 41.6 Å². The van der Waals surface area contributed by atoms with Crippen LogP contribution in [0.15, 0.2) is 6.20 Å². The van der Waals surface area contributed by atoms with Crippen LogP contribution in [0.2, 0.25) is 0 Å². The van der Waals surface area contributed by atoms with Gasteiger partial charge in [-0.1, -0.05) is 26.7 Å². The van der Waals surface area contributed by atoms with Crippen molar-refractivity contribution in [3.63, 3.8) is 0 Å². The number of hydrogen-bond acceptors (Lipinski definition) is 2. The molecule has 0 aliphatic heterocycles. The zero-order valence-electron chi connectivity index (χ0n) is 9.82. The molecular formula is C12H19N3. The Morgan fingerprint density at radius 3 is 2.40 bits per heavy atom. The summed E-state index contributed by atoms with van der Waals surface area (Å²) < 4.78 is 2.02. The second-order valence-electron chi connectivity index (χ2n) is 3.93. The van der Waals surface area contributed by atoms with E-state index in [1.807, 2.05) is 11.6 Å². The predicted molar refractivity (Wildman–Crippen MR) is 60.5 cm³/mol. The van der Waals surface area contributed by atoms with E-state index in [4.69, 9.17) is 5.26 Å². The Hall–Kier alpha value is -1.30. The van der Waals surface area contributed by atoms with Crippen LogP contribution in [-0.2, 0) is 0 Å². The summed E-state index contributed by atoms with van der Waals surface area (Å²) in [5, 5.41) is 13.2. The van der Waals surface area contributed by atoms with Gasteiger partial charge in [0, 0.05) is 0 Å². The van der Waals surface area contributed by atoms with Crippen LogP contribution in [-0.4, -0.2) is 9.78 Å². The lowest BCUT2D eigenvalue weighted by Gasteiger charge is -2.17. The van der Waals surface area contributed by atoms with Gasteiger partial charge in [0.2, 0.25) is 0 Å². The molecular weight excluding hydrogens is 186 g/mol. The van der Waals surface area contributed by atoms with E-state index < -0.39 is 0 Å². The summed E-state index contributed by atoms with van der Waals surface area (Å²) in [5.41, 5.74) is 1.71. The van der Waals surface area contributed by atoms with Crippen molar-refractivity contribution >= 4 is 0 Å². The van der Waals surface area contributed by atoms with Crippen LogP contribution in [0.1, 0.15) is 56.8 Å². The molecule has 1 rings (SSSR count). The smallest absolute Gasteiger partial charge is 0.103 e. The molecule has 15 heavy (non-hydrogen) atoms. The molecule has 1 aromatic rings. The third-order valence-electron chi connectivity index (χ3n) is 2.75. The molecule has 0 saturated carbocycles. The number of nitrogens with zero attached hydrogens (tertiary/aromatic N) is 3. The minimum Gasteiger partial charge on any atom is -0.265 e. The molecule has 0 aliphatic carbocycles. The second-order valence-corrected chi connectivity index (χ2v) is 3.93. The van der Waals surface area contributed by atoms with E-state index in [1.54, 1.807) is 6.20 Å². The molecule has 0 spiro atoms. The molecule has 0 amide bonds. The fraction of sp³-hybridized carbons (Fsp3) is 0.667. The average molecular weight is 205 g/mol. The van der Waals surface area contributed by atoms with Crippen LogP contribution in [0.4, 0.5) is 0 Å². The number of nitriles is 1. The van der Waals surface area contributed by atoms with Crippen LogP contribution < -0.4 is 0 Å². The van der Waals surface area contributed by atoms with E-state index in [1.165, 1.54) is 0 Å². The van der Waals surface area contributed by atoms with Crippen molar-refractivity contribution in [1.82, 2.24) is 9.78 Å². The largest absolute Gasteiger partial charge is 0.265 e. The van der Waals surface area contributed by atoms with Gasteiger partial charge < -0.3 is 0 Å². The molecule has 0 radical (unpaired) electrons. The van der Waals surface area contributed by atoms with Crippen LogP contribution in [0.25, 0.3) is 0 Å². The summed E-state index contributed by atoms with van der Waals surface area (Å²) in [7, 11) is 0. The summed E-state index contributed by atoms with van der Waals surface area (Å²) in [6.07, 6.45) is 6.27. The molecule has 0 saturated heterocycles. The highest BCUT2D eigenvalue weighted by Crippen LogP contribution is 2.22. The van der Waals surface area contributed by atoms with E-state index in [0.717, 1.165) is 31.4 Å². The minimum atomic E-state index is 0.460. The maximum atomic E-state index is 8.87. The summed E-state index contributed by atoms with van der Waals surface area (Å²) in [6, 6.07) is 2.63. The zero-order valence-corrected chi connectivity index (χ0v) is 9.82. The zero-order chi connectivity index (χ0) is 11.3. The Balaban J connectivity index is 2.91. The normalized spacial score (nSPS) is 10.6. The van der Waals surface area contributed by atoms with Crippen molar-refractivity contribution < 1.29 is 0 Å². The van der Waals surface area contributed by atoms with Crippen molar-refractivity contribution in [3.8, 4) is 6.07 Å². The standard InChI is InChI=1S/C12H19N3/c1-4-6-12(7-5-2)15-10(3)11(8-13)9-14-15/h9,12H,4-7H2,1-3H3. The lowest BCUT2D eigenvalue weighted by molar-refractivity contribution is 0.384. The average Bonchev–Trinajstić information content (AvgIpc) is 2.59. The highest BCUT2D eigenvalue weighted by molar-refractivity contribution is 5.30. The molecule has 0 atom stereocenters. The molecule has 0 N–H and O–H groups in total. The van der Waals surface area contributed by atoms with Gasteiger partial charge in [0.25, 0.3) is 0 Å². The Labute approximate surface area is 91.7 Å². The van der Waals surface area contributed by atoms with Gasteiger partial charge in [-0.25, -0.2) is 0 Å². The lowest BCUT2D eigenvalue weighted by Crippen LogP contribution is -2.12. The highest BCUT2D eigenvalue weighted by Gasteiger charge is 2.14. The second kappa shape index (κ2) is 5.55. The first-order chi connectivity index (χ1) is 7.24. The molecule has 1 heterocycles. The maximum Gasteiger partial charge on any atom is 0.103 e. The Morgan fingerprint density at radius 1 is 1.40 bits per heavy atom. The molecule has 82 valence electrons. The Bertz CT molecular complexity index is 340. The van der Waals surface area contributed by atoms with Crippen molar-refractivity contribution in [3.05, 3.63) is 17.5 Å². The minimum absolute atomic E-state index is 0.460. The van der Waals surface area contributed by atoms with Crippen LogP contribution in [0.5, 0.6) is 0 Å². The van der Waals surface area contributed by atoms with Gasteiger partial charge in [-0.2, -0.15) is 10.4 Å². The number of hydrogen-bond donors (Lipinski definition) is 0. The van der Waals surface area contributed by atoms with E-state index >= 15 is 0 Å². The van der Waals surface area contributed by atoms with Crippen LogP contribution in [0.3, 0.4) is 0 Å². The molecule has 0 aromatic carbocycles. The van der Waals surface area contributed by atoms with Gasteiger partial charge in [0.1, 0.15) is 6.07 Å². The summed E-state index contributed by atoms with van der Waals surface area (Å²) in [4.78, 5) is 0. The first kappa shape index (κ1) is 11.8. The molecule has 0 bridgehead atoms. The molecule has 1 aromatic heterocycles. The third-order valence-corrected chi connectivity index (χ3v) is 2.75.